The quantitative estimate of drug-likeness (QED) is 0.202. The lowest BCUT2D eigenvalue weighted by molar-refractivity contribution is 0.366. The van der Waals surface area contributed by atoms with E-state index in [-0.39, 0.29) is 0 Å². The standard InChI is InChI=1S/C25H20OSi3/c1-29(12-11-26-27-28-29)25-8-4-7-19-14-21-10-9-20-13-17-5-2-3-6-18(17)15-22(20)23(21)16-24(19)25/h2-10,13-16H,11-12H2,1H3. The number of rotatable bonds is 1. The van der Waals surface area contributed by atoms with Crippen LogP contribution in [-0.2, 0) is 4.43 Å². The third-order valence-corrected chi connectivity index (χ3v) is 20.1. The van der Waals surface area contributed by atoms with Crippen LogP contribution in [0.4, 0.5) is 0 Å². The first kappa shape index (κ1) is 17.6. The van der Waals surface area contributed by atoms with Crippen molar-refractivity contribution in [2.45, 2.75) is 12.6 Å². The van der Waals surface area contributed by atoms with E-state index in [0.29, 0.717) is 9.28 Å². The van der Waals surface area contributed by atoms with Gasteiger partial charge in [0, 0.05) is 6.61 Å². The van der Waals surface area contributed by atoms with Crippen molar-refractivity contribution in [2.75, 3.05) is 6.61 Å². The molecule has 0 bridgehead atoms. The zero-order valence-corrected chi connectivity index (χ0v) is 19.3. The van der Waals surface area contributed by atoms with Crippen LogP contribution in [0.15, 0.2) is 78.9 Å². The highest BCUT2D eigenvalue weighted by atomic mass is 29.6. The largest absolute Gasteiger partial charge is 0.422 e. The molecule has 1 saturated heterocycles. The van der Waals surface area contributed by atoms with Gasteiger partial charge in [0.05, 0.1) is 16.1 Å². The molecular formula is C25H20OSi3. The molecule has 1 unspecified atom stereocenters. The minimum absolute atomic E-state index is 0.694. The molecule has 5 aromatic carbocycles. The Morgan fingerprint density at radius 2 is 1.34 bits per heavy atom. The summed E-state index contributed by atoms with van der Waals surface area (Å²) in [5, 5.41) is 12.5. The molecule has 4 heteroatoms. The topological polar surface area (TPSA) is 9.23 Å². The number of benzene rings is 5. The van der Waals surface area contributed by atoms with Crippen molar-refractivity contribution in [2.24, 2.45) is 0 Å². The number of fused-ring (bicyclic) bond motifs is 5. The second kappa shape index (κ2) is 6.64. The Balaban J connectivity index is 1.69. The summed E-state index contributed by atoms with van der Waals surface area (Å²) in [5.74, 6) is 0. The van der Waals surface area contributed by atoms with Gasteiger partial charge in [0.25, 0.3) is 0 Å². The molecule has 0 amide bonds. The van der Waals surface area contributed by atoms with E-state index >= 15 is 0 Å². The average Bonchev–Trinajstić information content (AvgIpc) is 2.76. The summed E-state index contributed by atoms with van der Waals surface area (Å²) in [6.45, 7) is 3.50. The molecule has 1 aliphatic rings. The van der Waals surface area contributed by atoms with E-state index in [1.165, 1.54) is 49.1 Å². The Morgan fingerprint density at radius 1 is 0.690 bits per heavy atom. The zero-order chi connectivity index (χ0) is 19.4. The van der Waals surface area contributed by atoms with Crippen LogP contribution in [0.25, 0.3) is 43.1 Å². The van der Waals surface area contributed by atoms with Crippen LogP contribution in [0.3, 0.4) is 0 Å². The van der Waals surface area contributed by atoms with Crippen molar-refractivity contribution < 1.29 is 4.43 Å². The van der Waals surface area contributed by atoms with Crippen molar-refractivity contribution in [3.8, 4) is 0 Å². The summed E-state index contributed by atoms with van der Waals surface area (Å²) in [6.07, 6.45) is 0. The molecule has 0 aromatic heterocycles. The lowest BCUT2D eigenvalue weighted by atomic mass is 9.96. The molecule has 1 fully saturated rings. The van der Waals surface area contributed by atoms with Gasteiger partial charge in [-0.1, -0.05) is 66.3 Å². The van der Waals surface area contributed by atoms with Crippen LogP contribution in [-0.4, -0.2) is 32.0 Å². The molecule has 5 aromatic rings. The molecule has 138 valence electrons. The maximum atomic E-state index is 5.74. The molecule has 6 rings (SSSR count). The monoisotopic (exact) mass is 420 g/mol. The first-order valence-corrected chi connectivity index (χ1v) is 16.8. The number of hydrogen-bond acceptors (Lipinski definition) is 1. The van der Waals surface area contributed by atoms with Crippen molar-refractivity contribution in [3.05, 3.63) is 78.9 Å². The minimum Gasteiger partial charge on any atom is -0.422 e. The van der Waals surface area contributed by atoms with Crippen LogP contribution in [0.2, 0.25) is 12.6 Å². The average molecular weight is 421 g/mol. The van der Waals surface area contributed by atoms with Gasteiger partial charge in [-0.15, -0.1) is 0 Å². The zero-order valence-electron chi connectivity index (χ0n) is 16.3. The van der Waals surface area contributed by atoms with Gasteiger partial charge >= 0.3 is 0 Å². The Morgan fingerprint density at radius 3 is 2.10 bits per heavy atom. The Labute approximate surface area is 176 Å². The van der Waals surface area contributed by atoms with Gasteiger partial charge in [0.2, 0.25) is 9.28 Å². The molecule has 0 N–H and O–H groups in total. The molecular weight excluding hydrogens is 401 g/mol. The maximum absolute atomic E-state index is 5.74. The van der Waals surface area contributed by atoms with E-state index in [1.54, 1.807) is 5.19 Å². The van der Waals surface area contributed by atoms with Crippen LogP contribution in [0.5, 0.6) is 0 Å². The Bertz CT molecular complexity index is 1400. The highest BCUT2D eigenvalue weighted by molar-refractivity contribution is 7.47. The van der Waals surface area contributed by atoms with Gasteiger partial charge in [-0.25, -0.2) is 0 Å². The van der Waals surface area contributed by atoms with Crippen LogP contribution in [0.1, 0.15) is 0 Å². The number of hydrogen-bond donors (Lipinski definition) is 0. The van der Waals surface area contributed by atoms with Gasteiger partial charge in [-0.05, 0) is 73.4 Å². The normalized spacial score (nSPS) is 20.0. The summed E-state index contributed by atoms with van der Waals surface area (Å²) in [6, 6.07) is 31.0. The van der Waals surface area contributed by atoms with Crippen molar-refractivity contribution in [1.29, 1.82) is 0 Å². The molecule has 4 radical (unpaired) electrons. The Hall–Kier alpha value is -2.25. The van der Waals surface area contributed by atoms with Gasteiger partial charge in [0.15, 0.2) is 0 Å². The summed E-state index contributed by atoms with van der Waals surface area (Å²) >= 11 is 0. The fourth-order valence-corrected chi connectivity index (χ4v) is 15.7. The molecule has 0 aliphatic carbocycles. The molecule has 0 spiro atoms. The third-order valence-electron chi connectivity index (χ3n) is 6.40. The highest BCUT2D eigenvalue weighted by Crippen LogP contribution is 2.32. The van der Waals surface area contributed by atoms with E-state index < -0.39 is 7.59 Å². The van der Waals surface area contributed by atoms with Crippen LogP contribution < -0.4 is 5.19 Å². The summed E-state index contributed by atoms with van der Waals surface area (Å²) in [4.78, 5) is 0. The molecule has 1 atom stereocenters. The third kappa shape index (κ3) is 2.82. The van der Waals surface area contributed by atoms with E-state index in [1.807, 2.05) is 0 Å². The summed E-state index contributed by atoms with van der Waals surface area (Å²) in [5.41, 5.74) is 0. The van der Waals surface area contributed by atoms with E-state index in [9.17, 15) is 0 Å². The van der Waals surface area contributed by atoms with Gasteiger partial charge in [-0.3, -0.25) is 0 Å². The highest BCUT2D eigenvalue weighted by Gasteiger charge is 2.34. The molecule has 29 heavy (non-hydrogen) atoms. The second-order valence-electron chi connectivity index (χ2n) is 8.24. The minimum atomic E-state index is -1.46. The first-order valence-electron chi connectivity index (χ1n) is 10.1. The van der Waals surface area contributed by atoms with Gasteiger partial charge < -0.3 is 4.43 Å². The first-order chi connectivity index (χ1) is 14.2. The predicted molar refractivity (Wildman–Crippen MR) is 130 cm³/mol. The molecule has 0 saturated carbocycles. The molecule has 1 nitrogen and oxygen atoms in total. The fourth-order valence-electron chi connectivity index (χ4n) is 4.72. The van der Waals surface area contributed by atoms with E-state index in [2.05, 4.69) is 85.4 Å². The fraction of sp³-hybridized carbons (Fsp3) is 0.120. The molecule has 1 heterocycles. The lowest BCUT2D eigenvalue weighted by Gasteiger charge is -2.32. The lowest BCUT2D eigenvalue weighted by Crippen LogP contribution is -2.57. The second-order valence-corrected chi connectivity index (χ2v) is 19.6. The van der Waals surface area contributed by atoms with Gasteiger partial charge in [0.1, 0.15) is 0 Å². The van der Waals surface area contributed by atoms with Crippen molar-refractivity contribution >= 4 is 73.7 Å². The van der Waals surface area contributed by atoms with E-state index in [0.717, 1.165) is 15.2 Å². The summed E-state index contributed by atoms with van der Waals surface area (Å²) in [7, 11) is 0.210. The van der Waals surface area contributed by atoms with Crippen LogP contribution in [0, 0.1) is 0 Å². The SMILES string of the molecule is C[Si]1(c2cccc3cc4ccc5cc6ccccc6cc5c4cc23)CCO[Si][Si]1. The maximum Gasteiger partial charge on any atom is 0.203 e. The summed E-state index contributed by atoms with van der Waals surface area (Å²) < 4.78 is 5.74. The predicted octanol–water partition coefficient (Wildman–Crippen LogP) is 5.35. The Kier molecular flexibility index (Phi) is 4.03. The van der Waals surface area contributed by atoms with Crippen molar-refractivity contribution in [3.63, 3.8) is 0 Å². The van der Waals surface area contributed by atoms with Crippen molar-refractivity contribution in [1.82, 2.24) is 0 Å². The van der Waals surface area contributed by atoms with Crippen LogP contribution >= 0.6 is 0 Å². The smallest absolute Gasteiger partial charge is 0.203 e. The van der Waals surface area contributed by atoms with Gasteiger partial charge in [-0.2, -0.15) is 0 Å². The molecule has 1 aliphatic heterocycles. The van der Waals surface area contributed by atoms with E-state index in [4.69, 9.17) is 4.43 Å².